The lowest BCUT2D eigenvalue weighted by Crippen LogP contribution is -2.27. The van der Waals surface area contributed by atoms with Crippen molar-refractivity contribution in [2.24, 2.45) is 0 Å². The Bertz CT molecular complexity index is 656. The second kappa shape index (κ2) is 5.04. The zero-order valence-corrected chi connectivity index (χ0v) is 12.6. The van der Waals surface area contributed by atoms with Gasteiger partial charge in [0.25, 0.3) is 0 Å². The molecule has 1 aliphatic heterocycles. The Morgan fingerprint density at radius 1 is 1.15 bits per heavy atom. The Balaban J connectivity index is 1.88. The molecular formula is C14H16ClNO3S. The average molecular weight is 314 g/mol. The molecule has 1 aromatic carbocycles. The lowest BCUT2D eigenvalue weighted by molar-refractivity contribution is -0.117. The number of anilines is 1. The largest absolute Gasteiger partial charge is 0.311 e. The first-order chi connectivity index (χ1) is 9.45. The van der Waals surface area contributed by atoms with Gasteiger partial charge in [-0.25, -0.2) is 8.42 Å². The van der Waals surface area contributed by atoms with Crippen LogP contribution in [0.4, 0.5) is 5.69 Å². The van der Waals surface area contributed by atoms with Crippen molar-refractivity contribution in [2.75, 3.05) is 11.4 Å². The molecule has 1 atom stereocenters. The topological polar surface area (TPSA) is 54.5 Å². The third-order valence-electron chi connectivity index (χ3n) is 4.13. The van der Waals surface area contributed by atoms with Gasteiger partial charge in [-0.05, 0) is 48.9 Å². The van der Waals surface area contributed by atoms with Crippen molar-refractivity contribution in [1.82, 2.24) is 0 Å². The van der Waals surface area contributed by atoms with Crippen LogP contribution in [0, 0.1) is 0 Å². The number of nitrogens with zero attached hydrogens (tertiary/aromatic N) is 1. The van der Waals surface area contributed by atoms with Gasteiger partial charge in [0.2, 0.25) is 15.0 Å². The number of rotatable bonds is 2. The van der Waals surface area contributed by atoms with Crippen LogP contribution in [0.5, 0.6) is 0 Å². The highest BCUT2D eigenvalue weighted by molar-refractivity contribution is 8.14. The van der Waals surface area contributed by atoms with Gasteiger partial charge in [0, 0.05) is 29.3 Å². The predicted molar refractivity (Wildman–Crippen MR) is 78.6 cm³/mol. The van der Waals surface area contributed by atoms with Crippen LogP contribution in [-0.2, 0) is 26.7 Å². The molecule has 0 bridgehead atoms. The Morgan fingerprint density at radius 3 is 2.50 bits per heavy atom. The molecule has 1 heterocycles. The average Bonchev–Trinajstić information content (AvgIpc) is 2.80. The van der Waals surface area contributed by atoms with Crippen molar-refractivity contribution >= 4 is 31.3 Å². The summed E-state index contributed by atoms with van der Waals surface area (Å²) in [6.07, 6.45) is 4.47. The van der Waals surface area contributed by atoms with Gasteiger partial charge in [-0.2, -0.15) is 0 Å². The van der Waals surface area contributed by atoms with E-state index in [9.17, 15) is 13.2 Å². The third-order valence-corrected chi connectivity index (χ3v) is 6.00. The van der Waals surface area contributed by atoms with Crippen molar-refractivity contribution < 1.29 is 13.2 Å². The summed E-state index contributed by atoms with van der Waals surface area (Å²) in [5.74, 6) is -0.171. The van der Waals surface area contributed by atoms with Gasteiger partial charge in [-0.3, -0.25) is 4.79 Å². The van der Waals surface area contributed by atoms with Crippen LogP contribution in [0.25, 0.3) is 0 Å². The van der Waals surface area contributed by atoms with E-state index in [1.54, 1.807) is 4.90 Å². The van der Waals surface area contributed by atoms with E-state index in [0.717, 1.165) is 18.5 Å². The number of carbonyl (C=O) groups is 1. The van der Waals surface area contributed by atoms with Gasteiger partial charge < -0.3 is 4.90 Å². The molecular weight excluding hydrogens is 298 g/mol. The second-order valence-corrected chi connectivity index (χ2v) is 8.37. The van der Waals surface area contributed by atoms with E-state index in [1.807, 2.05) is 12.1 Å². The zero-order valence-electron chi connectivity index (χ0n) is 11.0. The minimum atomic E-state index is -3.68. The smallest absolute Gasteiger partial charge is 0.237 e. The SMILES string of the molecule is O=C1CC(S(=O)(=O)Cl)CN1c1ccc2c(c1)CCCC2. The standard InChI is InChI=1S/C14H16ClNO3S/c15-20(18,19)13-8-14(17)16(9-13)12-6-5-10-3-1-2-4-11(10)7-12/h5-7,13H,1-4,8-9H2. The first-order valence-corrected chi connectivity index (χ1v) is 9.18. The fourth-order valence-corrected chi connectivity index (χ4v) is 4.03. The van der Waals surface area contributed by atoms with E-state index in [2.05, 4.69) is 6.07 Å². The van der Waals surface area contributed by atoms with E-state index in [1.165, 1.54) is 24.0 Å². The van der Waals surface area contributed by atoms with Crippen molar-refractivity contribution in [1.29, 1.82) is 0 Å². The van der Waals surface area contributed by atoms with Crippen molar-refractivity contribution in [3.8, 4) is 0 Å². The summed E-state index contributed by atoms with van der Waals surface area (Å²) in [4.78, 5) is 13.5. The van der Waals surface area contributed by atoms with Gasteiger partial charge in [0.05, 0.1) is 0 Å². The van der Waals surface area contributed by atoms with Crippen LogP contribution in [0.15, 0.2) is 18.2 Å². The summed E-state index contributed by atoms with van der Waals surface area (Å²) in [5.41, 5.74) is 3.41. The Kier molecular flexibility index (Phi) is 3.50. The molecule has 1 saturated heterocycles. The lowest BCUT2D eigenvalue weighted by atomic mass is 9.91. The molecule has 4 nitrogen and oxygen atoms in total. The molecule has 108 valence electrons. The monoisotopic (exact) mass is 313 g/mol. The Hall–Kier alpha value is -1.07. The molecule has 3 rings (SSSR count). The molecule has 1 unspecified atom stereocenters. The number of amides is 1. The molecule has 1 aliphatic carbocycles. The summed E-state index contributed by atoms with van der Waals surface area (Å²) in [7, 11) is 1.68. The van der Waals surface area contributed by atoms with Crippen LogP contribution in [0.3, 0.4) is 0 Å². The van der Waals surface area contributed by atoms with E-state index in [-0.39, 0.29) is 18.9 Å². The number of aryl methyl sites for hydroxylation is 2. The van der Waals surface area contributed by atoms with Gasteiger partial charge >= 0.3 is 0 Å². The first-order valence-electron chi connectivity index (χ1n) is 6.81. The summed E-state index contributed by atoms with van der Waals surface area (Å²) in [6, 6.07) is 5.99. The second-order valence-electron chi connectivity index (χ2n) is 5.47. The maximum Gasteiger partial charge on any atom is 0.237 e. The van der Waals surface area contributed by atoms with Crippen LogP contribution < -0.4 is 4.90 Å². The van der Waals surface area contributed by atoms with Gasteiger partial charge in [-0.15, -0.1) is 0 Å². The number of fused-ring (bicyclic) bond motifs is 1. The van der Waals surface area contributed by atoms with Crippen molar-refractivity contribution in [3.05, 3.63) is 29.3 Å². The van der Waals surface area contributed by atoms with Gasteiger partial charge in [0.1, 0.15) is 5.25 Å². The summed E-state index contributed by atoms with van der Waals surface area (Å²) < 4.78 is 22.8. The van der Waals surface area contributed by atoms with E-state index >= 15 is 0 Å². The fourth-order valence-electron chi connectivity index (χ4n) is 3.00. The van der Waals surface area contributed by atoms with Crippen molar-refractivity contribution in [2.45, 2.75) is 37.4 Å². The molecule has 20 heavy (non-hydrogen) atoms. The normalized spacial score (nSPS) is 22.9. The maximum atomic E-state index is 12.0. The highest BCUT2D eigenvalue weighted by Crippen LogP contribution is 2.30. The highest BCUT2D eigenvalue weighted by Gasteiger charge is 2.38. The Morgan fingerprint density at radius 2 is 1.85 bits per heavy atom. The molecule has 1 amide bonds. The molecule has 1 aromatic rings. The highest BCUT2D eigenvalue weighted by atomic mass is 35.7. The maximum absolute atomic E-state index is 12.0. The van der Waals surface area contributed by atoms with Gasteiger partial charge in [-0.1, -0.05) is 6.07 Å². The molecule has 1 fully saturated rings. The molecule has 2 aliphatic rings. The summed E-state index contributed by atoms with van der Waals surface area (Å²) in [5, 5.41) is -0.798. The predicted octanol–water partition coefficient (Wildman–Crippen LogP) is 2.24. The fraction of sp³-hybridized carbons (Fsp3) is 0.500. The molecule has 0 saturated carbocycles. The molecule has 0 radical (unpaired) electrons. The minimum absolute atomic E-state index is 0.0249. The Labute approximate surface area is 123 Å². The van der Waals surface area contributed by atoms with Crippen LogP contribution >= 0.6 is 10.7 Å². The number of benzene rings is 1. The number of hydrogen-bond acceptors (Lipinski definition) is 3. The number of hydrogen-bond donors (Lipinski definition) is 0. The number of halogens is 1. The minimum Gasteiger partial charge on any atom is -0.311 e. The van der Waals surface area contributed by atoms with Crippen LogP contribution in [-0.4, -0.2) is 26.1 Å². The zero-order chi connectivity index (χ0) is 14.3. The summed E-state index contributed by atoms with van der Waals surface area (Å²) >= 11 is 0. The first kappa shape index (κ1) is 13.9. The summed E-state index contributed by atoms with van der Waals surface area (Å²) in [6.45, 7) is 0.156. The van der Waals surface area contributed by atoms with E-state index < -0.39 is 14.3 Å². The molecule has 6 heteroatoms. The van der Waals surface area contributed by atoms with Crippen LogP contribution in [0.1, 0.15) is 30.4 Å². The molecule has 0 spiro atoms. The quantitative estimate of drug-likeness (QED) is 0.787. The van der Waals surface area contributed by atoms with E-state index in [4.69, 9.17) is 10.7 Å². The van der Waals surface area contributed by atoms with Gasteiger partial charge in [0.15, 0.2) is 0 Å². The van der Waals surface area contributed by atoms with Crippen LogP contribution in [0.2, 0.25) is 0 Å². The molecule has 0 aromatic heterocycles. The molecule has 0 N–H and O–H groups in total. The lowest BCUT2D eigenvalue weighted by Gasteiger charge is -2.21. The number of carbonyl (C=O) groups excluding carboxylic acids is 1. The third kappa shape index (κ3) is 2.56. The van der Waals surface area contributed by atoms with E-state index in [0.29, 0.717) is 0 Å². The van der Waals surface area contributed by atoms with Crippen molar-refractivity contribution in [3.63, 3.8) is 0 Å².